The molecular formula is C8H12N2O5. The van der Waals surface area contributed by atoms with Gasteiger partial charge in [-0.3, -0.25) is 15.6 Å². The van der Waals surface area contributed by atoms with E-state index in [4.69, 9.17) is 10.8 Å². The lowest BCUT2D eigenvalue weighted by Crippen LogP contribution is -2.32. The van der Waals surface area contributed by atoms with Crippen molar-refractivity contribution in [1.29, 1.82) is 10.8 Å². The Bertz CT molecular complexity index is 287. The number of rotatable bonds is 6. The second kappa shape index (κ2) is 6.66. The zero-order chi connectivity index (χ0) is 11.8. The fourth-order valence-electron chi connectivity index (χ4n) is 0.589. The number of hydrogen-bond donors (Lipinski definition) is 2. The van der Waals surface area contributed by atoms with E-state index in [-0.39, 0.29) is 13.2 Å². The molecule has 2 N–H and O–H groups in total. The first-order valence-corrected chi connectivity index (χ1v) is 3.96. The van der Waals surface area contributed by atoms with Gasteiger partial charge in [-0.05, 0) is 0 Å². The lowest BCUT2D eigenvalue weighted by Gasteiger charge is -2.04. The number of hydrogen-bond acceptors (Lipinski definition) is 7. The highest BCUT2D eigenvalue weighted by molar-refractivity contribution is 6.77. The van der Waals surface area contributed by atoms with E-state index in [2.05, 4.69) is 14.2 Å². The standard InChI is InChI=1S/C8H12N2O5/c1-13-3-4-15-8(12)5(9)6(11)7(10)14-2/h9-10H,3-4H2,1-2H3. The number of carbonyl (C=O) groups is 2. The molecule has 0 aromatic rings. The number of Topliss-reactive ketones (excluding diaryl/α,β-unsaturated/α-hetero) is 1. The summed E-state index contributed by atoms with van der Waals surface area (Å²) < 4.78 is 13.4. The first-order valence-electron chi connectivity index (χ1n) is 3.96. The van der Waals surface area contributed by atoms with Crippen molar-refractivity contribution in [2.45, 2.75) is 0 Å². The highest BCUT2D eigenvalue weighted by Gasteiger charge is 2.24. The minimum atomic E-state index is -1.11. The number of carbonyl (C=O) groups excluding carboxylic acids is 2. The van der Waals surface area contributed by atoms with Gasteiger partial charge in [0.15, 0.2) is 5.71 Å². The largest absolute Gasteiger partial charge is 0.479 e. The number of ketones is 1. The molecule has 0 bridgehead atoms. The van der Waals surface area contributed by atoms with E-state index in [1.807, 2.05) is 0 Å². The Hall–Kier alpha value is -1.76. The van der Waals surface area contributed by atoms with E-state index < -0.39 is 23.4 Å². The summed E-state index contributed by atoms with van der Waals surface area (Å²) in [6.45, 7) is 0.125. The first kappa shape index (κ1) is 13.2. The molecule has 0 amide bonds. The predicted molar refractivity (Wildman–Crippen MR) is 50.3 cm³/mol. The summed E-state index contributed by atoms with van der Waals surface area (Å²) in [7, 11) is 2.52. The number of methoxy groups -OCH3 is 2. The smallest absolute Gasteiger partial charge is 0.360 e. The summed E-state index contributed by atoms with van der Waals surface area (Å²) in [5.41, 5.74) is -0.932. The van der Waals surface area contributed by atoms with Crippen LogP contribution in [0.4, 0.5) is 0 Å². The van der Waals surface area contributed by atoms with E-state index in [9.17, 15) is 9.59 Å². The Kier molecular flexibility index (Phi) is 5.88. The SMILES string of the molecule is COCCOC(=O)C(=N)C(=O)C(=N)OC. The minimum absolute atomic E-state index is 0.0503. The van der Waals surface area contributed by atoms with Crippen molar-refractivity contribution in [3.63, 3.8) is 0 Å². The van der Waals surface area contributed by atoms with Crippen LogP contribution in [-0.2, 0) is 23.8 Å². The van der Waals surface area contributed by atoms with Gasteiger partial charge >= 0.3 is 5.97 Å². The van der Waals surface area contributed by atoms with Gasteiger partial charge in [-0.15, -0.1) is 0 Å². The Morgan fingerprint density at radius 2 is 1.73 bits per heavy atom. The third-order valence-electron chi connectivity index (χ3n) is 1.36. The van der Waals surface area contributed by atoms with Crippen LogP contribution >= 0.6 is 0 Å². The van der Waals surface area contributed by atoms with Crippen LogP contribution in [-0.4, -0.2) is 50.8 Å². The van der Waals surface area contributed by atoms with Crippen LogP contribution in [0.5, 0.6) is 0 Å². The molecule has 15 heavy (non-hydrogen) atoms. The van der Waals surface area contributed by atoms with Gasteiger partial charge in [-0.1, -0.05) is 0 Å². The summed E-state index contributed by atoms with van der Waals surface area (Å²) in [6, 6.07) is 0. The van der Waals surface area contributed by atoms with Crippen LogP contribution in [0.15, 0.2) is 0 Å². The van der Waals surface area contributed by atoms with Gasteiger partial charge in [0.25, 0.3) is 11.7 Å². The van der Waals surface area contributed by atoms with Crippen molar-refractivity contribution in [3.05, 3.63) is 0 Å². The Balaban J connectivity index is 4.15. The van der Waals surface area contributed by atoms with E-state index in [1.54, 1.807) is 0 Å². The van der Waals surface area contributed by atoms with Crippen molar-refractivity contribution < 1.29 is 23.8 Å². The molecule has 0 rings (SSSR count). The van der Waals surface area contributed by atoms with Crippen LogP contribution in [0.1, 0.15) is 0 Å². The summed E-state index contributed by atoms with van der Waals surface area (Å²) in [5.74, 6) is -2.98. The highest BCUT2D eigenvalue weighted by Crippen LogP contribution is 1.88. The predicted octanol–water partition coefficient (Wildman–Crippen LogP) is -0.611. The maximum Gasteiger partial charge on any atom is 0.360 e. The van der Waals surface area contributed by atoms with Crippen molar-refractivity contribution in [1.82, 2.24) is 0 Å². The average Bonchev–Trinajstić information content (AvgIpc) is 2.26. The van der Waals surface area contributed by atoms with Gasteiger partial charge in [0.2, 0.25) is 0 Å². The van der Waals surface area contributed by atoms with Crippen LogP contribution in [0.25, 0.3) is 0 Å². The second-order valence-corrected chi connectivity index (χ2v) is 2.37. The normalized spacial score (nSPS) is 9.20. The quantitative estimate of drug-likeness (QED) is 0.202. The molecule has 0 radical (unpaired) electrons. The molecule has 0 aromatic heterocycles. The van der Waals surface area contributed by atoms with Crippen LogP contribution in [0, 0.1) is 10.8 Å². The van der Waals surface area contributed by atoms with Crippen molar-refractivity contribution in [2.24, 2.45) is 0 Å². The summed E-state index contributed by atoms with van der Waals surface area (Å²) in [6.07, 6.45) is 0. The Labute approximate surface area is 86.3 Å². The van der Waals surface area contributed by atoms with Gasteiger partial charge < -0.3 is 14.2 Å². The van der Waals surface area contributed by atoms with E-state index in [1.165, 1.54) is 7.11 Å². The molecule has 0 aliphatic heterocycles. The number of esters is 1. The molecule has 7 heteroatoms. The fourth-order valence-corrected chi connectivity index (χ4v) is 0.589. The fraction of sp³-hybridized carbons (Fsp3) is 0.500. The Morgan fingerprint density at radius 3 is 2.20 bits per heavy atom. The average molecular weight is 216 g/mol. The molecule has 0 aliphatic carbocycles. The molecule has 0 saturated carbocycles. The minimum Gasteiger partial charge on any atom is -0.479 e. The third kappa shape index (κ3) is 4.32. The van der Waals surface area contributed by atoms with Gasteiger partial charge in [0.05, 0.1) is 13.7 Å². The maximum atomic E-state index is 11.0. The van der Waals surface area contributed by atoms with Crippen molar-refractivity contribution in [3.8, 4) is 0 Å². The number of ether oxygens (including phenoxy) is 3. The molecule has 0 fully saturated rings. The van der Waals surface area contributed by atoms with E-state index >= 15 is 0 Å². The molecule has 0 aromatic carbocycles. The Morgan fingerprint density at radius 1 is 1.13 bits per heavy atom. The topological polar surface area (TPSA) is 110 Å². The van der Waals surface area contributed by atoms with Gasteiger partial charge in [-0.2, -0.15) is 0 Å². The highest BCUT2D eigenvalue weighted by atomic mass is 16.6. The molecule has 84 valence electrons. The second-order valence-electron chi connectivity index (χ2n) is 2.37. The van der Waals surface area contributed by atoms with E-state index in [0.29, 0.717) is 0 Å². The third-order valence-corrected chi connectivity index (χ3v) is 1.36. The van der Waals surface area contributed by atoms with Crippen LogP contribution < -0.4 is 0 Å². The van der Waals surface area contributed by atoms with Crippen LogP contribution in [0.2, 0.25) is 0 Å². The molecule has 0 aliphatic rings. The van der Waals surface area contributed by atoms with E-state index in [0.717, 1.165) is 7.11 Å². The molecule has 0 unspecified atom stereocenters. The lowest BCUT2D eigenvalue weighted by atomic mass is 10.2. The zero-order valence-electron chi connectivity index (χ0n) is 8.46. The first-order chi connectivity index (χ1) is 7.04. The van der Waals surface area contributed by atoms with Crippen molar-refractivity contribution in [2.75, 3.05) is 27.4 Å². The zero-order valence-corrected chi connectivity index (χ0v) is 8.46. The summed E-state index contributed by atoms with van der Waals surface area (Å²) in [4.78, 5) is 22.0. The molecule has 0 saturated heterocycles. The molecule has 7 nitrogen and oxygen atoms in total. The number of nitrogens with one attached hydrogen (secondary N) is 2. The molecule has 0 spiro atoms. The van der Waals surface area contributed by atoms with Gasteiger partial charge in [-0.25, -0.2) is 4.79 Å². The van der Waals surface area contributed by atoms with Gasteiger partial charge in [0, 0.05) is 7.11 Å². The van der Waals surface area contributed by atoms with Crippen LogP contribution in [0.3, 0.4) is 0 Å². The summed E-state index contributed by atoms with van der Waals surface area (Å²) in [5, 5.41) is 14.0. The lowest BCUT2D eigenvalue weighted by molar-refractivity contribution is -0.137. The van der Waals surface area contributed by atoms with Crippen molar-refractivity contribution >= 4 is 23.4 Å². The molecule has 0 heterocycles. The monoisotopic (exact) mass is 216 g/mol. The maximum absolute atomic E-state index is 11.0. The molecular weight excluding hydrogens is 204 g/mol. The van der Waals surface area contributed by atoms with Gasteiger partial charge in [0.1, 0.15) is 6.61 Å². The molecule has 0 atom stereocenters. The summed E-state index contributed by atoms with van der Waals surface area (Å²) >= 11 is 0.